The molecule has 4 heteroatoms. The molecule has 0 spiro atoms. The van der Waals surface area contributed by atoms with Crippen LogP contribution in [0.25, 0.3) is 10.8 Å². The summed E-state index contributed by atoms with van der Waals surface area (Å²) < 4.78 is 5.57. The zero-order chi connectivity index (χ0) is 13.5. The number of nitrogen functional groups attached to an aromatic ring is 1. The van der Waals surface area contributed by atoms with Gasteiger partial charge in [0, 0.05) is 29.7 Å². The number of anilines is 2. The highest BCUT2D eigenvalue weighted by Gasteiger charge is 2.31. The van der Waals surface area contributed by atoms with Crippen molar-refractivity contribution in [2.24, 2.45) is 0 Å². The number of nitrogens with two attached hydrogens (primary N) is 1. The van der Waals surface area contributed by atoms with E-state index in [9.17, 15) is 0 Å². The van der Waals surface area contributed by atoms with Gasteiger partial charge in [-0.1, -0.05) is 6.07 Å². The quantitative estimate of drug-likeness (QED) is 0.797. The van der Waals surface area contributed by atoms with Gasteiger partial charge in [0.25, 0.3) is 0 Å². The lowest BCUT2D eigenvalue weighted by molar-refractivity contribution is 0.0645. The molecule has 2 N–H and O–H groups in total. The van der Waals surface area contributed by atoms with Crippen molar-refractivity contribution in [3.8, 4) is 0 Å². The molecule has 1 aliphatic rings. The summed E-state index contributed by atoms with van der Waals surface area (Å²) in [6, 6.07) is 6.15. The molecular weight excluding hydrogens is 238 g/mol. The first kappa shape index (κ1) is 12.2. The number of pyridine rings is 1. The summed E-state index contributed by atoms with van der Waals surface area (Å²) in [7, 11) is 0. The van der Waals surface area contributed by atoms with Crippen LogP contribution in [0.3, 0.4) is 0 Å². The number of nitrogens with zero attached hydrogens (tertiary/aromatic N) is 2. The molecule has 19 heavy (non-hydrogen) atoms. The third kappa shape index (κ3) is 2.02. The molecule has 0 amide bonds. The van der Waals surface area contributed by atoms with Crippen LogP contribution in [0.4, 0.5) is 11.4 Å². The molecule has 1 fully saturated rings. The number of hydrogen-bond donors (Lipinski definition) is 1. The Bertz CT molecular complexity index is 609. The van der Waals surface area contributed by atoms with Crippen molar-refractivity contribution < 1.29 is 4.74 Å². The minimum Gasteiger partial charge on any atom is -0.397 e. The van der Waals surface area contributed by atoms with E-state index in [0.29, 0.717) is 0 Å². The van der Waals surface area contributed by atoms with E-state index in [1.54, 1.807) is 6.20 Å². The van der Waals surface area contributed by atoms with E-state index < -0.39 is 0 Å². The number of ether oxygens (including phenoxy) is 1. The first-order valence-electron chi connectivity index (χ1n) is 6.57. The average Bonchev–Trinajstić information content (AvgIpc) is 2.40. The Morgan fingerprint density at radius 3 is 2.95 bits per heavy atom. The topological polar surface area (TPSA) is 51.4 Å². The van der Waals surface area contributed by atoms with Gasteiger partial charge in [0.15, 0.2) is 0 Å². The number of rotatable bonds is 1. The number of aromatic nitrogens is 1. The number of fused-ring (bicyclic) bond motifs is 1. The van der Waals surface area contributed by atoms with Crippen LogP contribution in [0.5, 0.6) is 0 Å². The molecule has 1 aliphatic heterocycles. The van der Waals surface area contributed by atoms with Gasteiger partial charge in [0.2, 0.25) is 0 Å². The first-order chi connectivity index (χ1) is 9.09. The third-order valence-corrected chi connectivity index (χ3v) is 3.77. The number of hydrogen-bond acceptors (Lipinski definition) is 4. The highest BCUT2D eigenvalue weighted by atomic mass is 16.5. The lowest BCUT2D eigenvalue weighted by Crippen LogP contribution is -2.53. The fourth-order valence-corrected chi connectivity index (χ4v) is 2.72. The lowest BCUT2D eigenvalue weighted by atomic mass is 9.99. The molecule has 0 bridgehead atoms. The minimum absolute atomic E-state index is 0.0346. The van der Waals surface area contributed by atoms with Gasteiger partial charge in [0.05, 0.1) is 30.1 Å². The maximum atomic E-state index is 6.36. The maximum Gasteiger partial charge on any atom is 0.0694 e. The SMILES string of the molecule is CC1(C)COCCN1c1ccc2cnccc2c1N. The predicted molar refractivity (Wildman–Crippen MR) is 78.4 cm³/mol. The largest absolute Gasteiger partial charge is 0.397 e. The van der Waals surface area contributed by atoms with Gasteiger partial charge in [-0.2, -0.15) is 0 Å². The van der Waals surface area contributed by atoms with Crippen molar-refractivity contribution in [1.29, 1.82) is 0 Å². The lowest BCUT2D eigenvalue weighted by Gasteiger charge is -2.44. The Labute approximate surface area is 113 Å². The average molecular weight is 257 g/mol. The van der Waals surface area contributed by atoms with Crippen LogP contribution in [-0.4, -0.2) is 30.3 Å². The molecule has 0 unspecified atom stereocenters. The van der Waals surface area contributed by atoms with E-state index >= 15 is 0 Å². The molecular formula is C15H19N3O. The van der Waals surface area contributed by atoms with Crippen molar-refractivity contribution in [1.82, 2.24) is 4.98 Å². The standard InChI is InChI=1S/C15H19N3O/c1-15(2)10-19-8-7-18(15)13-4-3-11-9-17-6-5-12(11)14(13)16/h3-6,9H,7-8,10,16H2,1-2H3. The fraction of sp³-hybridized carbons (Fsp3) is 0.400. The van der Waals surface area contributed by atoms with Crippen molar-refractivity contribution in [2.75, 3.05) is 30.4 Å². The summed E-state index contributed by atoms with van der Waals surface area (Å²) in [6.07, 6.45) is 3.63. The maximum absolute atomic E-state index is 6.36. The van der Waals surface area contributed by atoms with Gasteiger partial charge >= 0.3 is 0 Å². The van der Waals surface area contributed by atoms with E-state index in [-0.39, 0.29) is 5.54 Å². The fourth-order valence-electron chi connectivity index (χ4n) is 2.72. The smallest absolute Gasteiger partial charge is 0.0694 e. The van der Waals surface area contributed by atoms with Crippen LogP contribution in [0, 0.1) is 0 Å². The van der Waals surface area contributed by atoms with Gasteiger partial charge in [-0.15, -0.1) is 0 Å². The zero-order valence-corrected chi connectivity index (χ0v) is 11.4. The molecule has 1 aromatic heterocycles. The second-order valence-corrected chi connectivity index (χ2v) is 5.61. The summed E-state index contributed by atoms with van der Waals surface area (Å²) in [6.45, 7) is 6.70. The monoisotopic (exact) mass is 257 g/mol. The Kier molecular flexibility index (Phi) is 2.82. The van der Waals surface area contributed by atoms with Crippen LogP contribution >= 0.6 is 0 Å². The van der Waals surface area contributed by atoms with Crippen LogP contribution in [0.1, 0.15) is 13.8 Å². The van der Waals surface area contributed by atoms with Crippen LogP contribution in [0.15, 0.2) is 30.6 Å². The summed E-state index contributed by atoms with van der Waals surface area (Å²) in [4.78, 5) is 6.47. The van der Waals surface area contributed by atoms with Crippen LogP contribution in [-0.2, 0) is 4.74 Å². The van der Waals surface area contributed by atoms with Crippen molar-refractivity contribution >= 4 is 22.1 Å². The van der Waals surface area contributed by atoms with Crippen molar-refractivity contribution in [2.45, 2.75) is 19.4 Å². The molecule has 100 valence electrons. The molecule has 1 saturated heterocycles. The Balaban J connectivity index is 2.12. The van der Waals surface area contributed by atoms with Gasteiger partial charge in [-0.3, -0.25) is 4.98 Å². The van der Waals surface area contributed by atoms with Gasteiger partial charge in [0.1, 0.15) is 0 Å². The van der Waals surface area contributed by atoms with E-state index in [1.165, 1.54) is 0 Å². The highest BCUT2D eigenvalue weighted by molar-refractivity contribution is 5.98. The van der Waals surface area contributed by atoms with E-state index in [4.69, 9.17) is 10.5 Å². The molecule has 2 aromatic rings. The molecule has 0 radical (unpaired) electrons. The zero-order valence-electron chi connectivity index (χ0n) is 11.4. The van der Waals surface area contributed by atoms with Gasteiger partial charge < -0.3 is 15.4 Å². The third-order valence-electron chi connectivity index (χ3n) is 3.77. The van der Waals surface area contributed by atoms with E-state index in [2.05, 4.69) is 35.9 Å². The number of morpholine rings is 1. The van der Waals surface area contributed by atoms with E-state index in [1.807, 2.05) is 12.3 Å². The first-order valence-corrected chi connectivity index (χ1v) is 6.57. The molecule has 2 heterocycles. The second kappa shape index (κ2) is 4.38. The van der Waals surface area contributed by atoms with Gasteiger partial charge in [-0.25, -0.2) is 0 Å². The Morgan fingerprint density at radius 2 is 2.16 bits per heavy atom. The number of benzene rings is 1. The molecule has 0 saturated carbocycles. The van der Waals surface area contributed by atoms with Crippen molar-refractivity contribution in [3.63, 3.8) is 0 Å². The van der Waals surface area contributed by atoms with E-state index in [0.717, 1.165) is 41.9 Å². The summed E-state index contributed by atoms with van der Waals surface area (Å²) >= 11 is 0. The highest BCUT2D eigenvalue weighted by Crippen LogP contribution is 2.35. The predicted octanol–water partition coefficient (Wildman–Crippen LogP) is 2.43. The molecule has 4 nitrogen and oxygen atoms in total. The summed E-state index contributed by atoms with van der Waals surface area (Å²) in [5, 5.41) is 2.14. The Hall–Kier alpha value is -1.81. The molecule has 1 aromatic carbocycles. The molecule has 3 rings (SSSR count). The summed E-state index contributed by atoms with van der Waals surface area (Å²) in [5.74, 6) is 0. The normalized spacial score (nSPS) is 18.7. The summed E-state index contributed by atoms with van der Waals surface area (Å²) in [5.41, 5.74) is 8.24. The minimum atomic E-state index is -0.0346. The van der Waals surface area contributed by atoms with Crippen LogP contribution < -0.4 is 10.6 Å². The van der Waals surface area contributed by atoms with Gasteiger partial charge in [-0.05, 0) is 26.0 Å². The second-order valence-electron chi connectivity index (χ2n) is 5.61. The van der Waals surface area contributed by atoms with Crippen molar-refractivity contribution in [3.05, 3.63) is 30.6 Å². The van der Waals surface area contributed by atoms with Crippen LogP contribution in [0.2, 0.25) is 0 Å². The molecule has 0 atom stereocenters. The molecule has 0 aliphatic carbocycles. The Morgan fingerprint density at radius 1 is 1.32 bits per heavy atom.